The van der Waals surface area contributed by atoms with Crippen LogP contribution in [0.25, 0.3) is 22.4 Å². The molecule has 0 bridgehead atoms. The first-order valence-electron chi connectivity index (χ1n) is 13.5. The molecular weight excluding hydrogens is 494 g/mol. The Morgan fingerprint density at radius 2 is 1.49 bits per heavy atom. The zero-order valence-electron chi connectivity index (χ0n) is 22.8. The Labute approximate surface area is 229 Å². The fourth-order valence-electron chi connectivity index (χ4n) is 4.83. The maximum atomic E-state index is 12.5. The first kappa shape index (κ1) is 26.7. The number of ketones is 1. The van der Waals surface area contributed by atoms with Gasteiger partial charge in [-0.25, -0.2) is 19.9 Å². The Morgan fingerprint density at radius 1 is 0.821 bits per heavy atom. The second kappa shape index (κ2) is 11.9. The van der Waals surface area contributed by atoms with Crippen molar-refractivity contribution in [3.63, 3.8) is 0 Å². The minimum Gasteiger partial charge on any atom is -0.378 e. The van der Waals surface area contributed by atoms with E-state index < -0.39 is 0 Å². The molecule has 0 aliphatic carbocycles. The summed E-state index contributed by atoms with van der Waals surface area (Å²) in [5.41, 5.74) is 3.67. The van der Waals surface area contributed by atoms with Gasteiger partial charge in [-0.05, 0) is 42.7 Å². The molecule has 3 aromatic rings. The van der Waals surface area contributed by atoms with Gasteiger partial charge < -0.3 is 19.4 Å². The lowest BCUT2D eigenvalue weighted by molar-refractivity contribution is -0.145. The number of hydrogen-bond acceptors (Lipinski definition) is 9. The van der Waals surface area contributed by atoms with Gasteiger partial charge in [0.1, 0.15) is 17.5 Å². The van der Waals surface area contributed by atoms with Crippen LogP contribution < -0.4 is 9.80 Å². The van der Waals surface area contributed by atoms with Gasteiger partial charge in [0.25, 0.3) is 5.91 Å². The van der Waals surface area contributed by atoms with Gasteiger partial charge in [-0.2, -0.15) is 0 Å². The van der Waals surface area contributed by atoms with E-state index in [1.807, 2.05) is 39.1 Å². The fourth-order valence-corrected chi connectivity index (χ4v) is 4.83. The third-order valence-corrected chi connectivity index (χ3v) is 7.03. The van der Waals surface area contributed by atoms with Crippen molar-refractivity contribution in [1.29, 1.82) is 0 Å². The zero-order valence-corrected chi connectivity index (χ0v) is 22.8. The minimum absolute atomic E-state index is 0.178. The van der Waals surface area contributed by atoms with E-state index in [0.717, 1.165) is 52.9 Å². The Morgan fingerprint density at radius 3 is 2.13 bits per heavy atom. The number of morpholine rings is 1. The molecule has 39 heavy (non-hydrogen) atoms. The molecule has 0 N–H and O–H groups in total. The van der Waals surface area contributed by atoms with Gasteiger partial charge in [0.05, 0.1) is 18.9 Å². The molecule has 10 heteroatoms. The second-order valence-electron chi connectivity index (χ2n) is 10.4. The number of carbonyl (C=O) groups is 2. The van der Waals surface area contributed by atoms with E-state index in [4.69, 9.17) is 14.7 Å². The van der Waals surface area contributed by atoms with Gasteiger partial charge in [-0.1, -0.05) is 13.8 Å². The number of amides is 1. The summed E-state index contributed by atoms with van der Waals surface area (Å²) < 4.78 is 5.54. The Bertz CT molecular complexity index is 1300. The molecule has 2 fully saturated rings. The van der Waals surface area contributed by atoms with Crippen molar-refractivity contribution < 1.29 is 14.3 Å². The first-order valence-corrected chi connectivity index (χ1v) is 13.5. The standard InChI is InChI=1S/C29H35N7O3/c1-20(2)14-26(37)29(38)36-8-6-34(7-9-36)27-5-4-22(17-32-27)23-15-25(24-18-30-21(3)31-19-24)33-28(16-23)35-10-12-39-13-11-35/h4-5,15-20H,6-14H2,1-3H3. The third-order valence-electron chi connectivity index (χ3n) is 7.03. The monoisotopic (exact) mass is 529 g/mol. The van der Waals surface area contributed by atoms with Crippen LogP contribution in [0, 0.1) is 12.8 Å². The molecule has 2 aliphatic rings. The van der Waals surface area contributed by atoms with Gasteiger partial charge in [-0.15, -0.1) is 0 Å². The molecule has 2 saturated heterocycles. The summed E-state index contributed by atoms with van der Waals surface area (Å²) in [6.07, 6.45) is 5.79. The molecule has 3 aromatic heterocycles. The number of aryl methyl sites for hydroxylation is 1. The normalized spacial score (nSPS) is 16.1. The number of hydrogen-bond donors (Lipinski definition) is 0. The molecule has 1 amide bonds. The van der Waals surface area contributed by atoms with Gasteiger partial charge in [-0.3, -0.25) is 9.59 Å². The number of aromatic nitrogens is 4. The van der Waals surface area contributed by atoms with E-state index >= 15 is 0 Å². The Kier molecular flexibility index (Phi) is 8.11. The highest BCUT2D eigenvalue weighted by Gasteiger charge is 2.26. The molecule has 5 heterocycles. The molecule has 0 spiro atoms. The largest absolute Gasteiger partial charge is 0.378 e. The summed E-state index contributed by atoms with van der Waals surface area (Å²) in [5, 5.41) is 0. The number of ether oxygens (including phenoxy) is 1. The van der Waals surface area contributed by atoms with E-state index in [2.05, 4.69) is 31.9 Å². The van der Waals surface area contributed by atoms with Gasteiger partial charge in [0, 0.05) is 75.4 Å². The highest BCUT2D eigenvalue weighted by atomic mass is 16.5. The van der Waals surface area contributed by atoms with Crippen LogP contribution in [0.15, 0.2) is 42.9 Å². The van der Waals surface area contributed by atoms with Crippen LogP contribution in [0.3, 0.4) is 0 Å². The van der Waals surface area contributed by atoms with Gasteiger partial charge >= 0.3 is 0 Å². The zero-order chi connectivity index (χ0) is 27.4. The molecule has 0 saturated carbocycles. The van der Waals surface area contributed by atoms with Crippen LogP contribution in [-0.4, -0.2) is 89.0 Å². The van der Waals surface area contributed by atoms with Crippen LogP contribution in [0.1, 0.15) is 26.1 Å². The minimum atomic E-state index is -0.366. The van der Waals surface area contributed by atoms with E-state index in [-0.39, 0.29) is 17.6 Å². The molecule has 204 valence electrons. The highest BCUT2D eigenvalue weighted by molar-refractivity contribution is 6.36. The van der Waals surface area contributed by atoms with Gasteiger partial charge in [0.15, 0.2) is 0 Å². The summed E-state index contributed by atoms with van der Waals surface area (Å²) in [7, 11) is 0. The van der Waals surface area contributed by atoms with Crippen molar-refractivity contribution in [3.05, 3.63) is 48.7 Å². The van der Waals surface area contributed by atoms with Gasteiger partial charge in [0.2, 0.25) is 5.78 Å². The van der Waals surface area contributed by atoms with E-state index in [9.17, 15) is 9.59 Å². The average molecular weight is 530 g/mol. The quantitative estimate of drug-likeness (QED) is 0.427. The van der Waals surface area contributed by atoms with Crippen LogP contribution >= 0.6 is 0 Å². The average Bonchev–Trinajstić information content (AvgIpc) is 2.97. The summed E-state index contributed by atoms with van der Waals surface area (Å²) in [4.78, 5) is 49.1. The number of pyridine rings is 2. The number of Topliss-reactive ketones (excluding diaryl/α,β-unsaturated/α-hetero) is 1. The van der Waals surface area contributed by atoms with E-state index in [1.165, 1.54) is 0 Å². The summed E-state index contributed by atoms with van der Waals surface area (Å²) in [5.74, 6) is 1.98. The van der Waals surface area contributed by atoms with Crippen molar-refractivity contribution in [3.8, 4) is 22.4 Å². The number of piperazine rings is 1. The smallest absolute Gasteiger partial charge is 0.290 e. The first-order chi connectivity index (χ1) is 18.9. The summed E-state index contributed by atoms with van der Waals surface area (Å²) >= 11 is 0. The van der Waals surface area contributed by atoms with Crippen LogP contribution in [0.4, 0.5) is 11.6 Å². The Hall–Kier alpha value is -3.92. The predicted molar refractivity (Wildman–Crippen MR) is 150 cm³/mol. The lowest BCUT2D eigenvalue weighted by Crippen LogP contribution is -2.51. The predicted octanol–water partition coefficient (Wildman–Crippen LogP) is 3.01. The maximum absolute atomic E-state index is 12.5. The summed E-state index contributed by atoms with van der Waals surface area (Å²) in [6, 6.07) is 8.23. The molecule has 10 nitrogen and oxygen atoms in total. The fraction of sp³-hybridized carbons (Fsp3) is 0.448. The molecule has 0 unspecified atom stereocenters. The molecule has 2 aliphatic heterocycles. The molecule has 0 radical (unpaired) electrons. The van der Waals surface area contributed by atoms with Crippen molar-refractivity contribution in [2.75, 3.05) is 62.3 Å². The van der Waals surface area contributed by atoms with E-state index in [1.54, 1.807) is 17.3 Å². The van der Waals surface area contributed by atoms with Crippen LogP contribution in [0.5, 0.6) is 0 Å². The third kappa shape index (κ3) is 6.39. The highest BCUT2D eigenvalue weighted by Crippen LogP contribution is 2.30. The molecular formula is C29H35N7O3. The Balaban J connectivity index is 1.33. The number of rotatable bonds is 7. The number of carbonyl (C=O) groups excluding carboxylic acids is 2. The van der Waals surface area contributed by atoms with Crippen molar-refractivity contribution in [2.45, 2.75) is 27.2 Å². The molecule has 5 rings (SSSR count). The van der Waals surface area contributed by atoms with Crippen molar-refractivity contribution >= 4 is 23.3 Å². The van der Waals surface area contributed by atoms with Crippen molar-refractivity contribution in [2.24, 2.45) is 5.92 Å². The maximum Gasteiger partial charge on any atom is 0.290 e. The van der Waals surface area contributed by atoms with Crippen LogP contribution in [0.2, 0.25) is 0 Å². The summed E-state index contributed by atoms with van der Waals surface area (Å²) in [6.45, 7) is 11.0. The number of anilines is 2. The van der Waals surface area contributed by atoms with Crippen molar-refractivity contribution in [1.82, 2.24) is 24.8 Å². The lowest BCUT2D eigenvalue weighted by Gasteiger charge is -2.35. The molecule has 0 aromatic carbocycles. The van der Waals surface area contributed by atoms with E-state index in [0.29, 0.717) is 45.8 Å². The SMILES string of the molecule is Cc1ncc(-c2cc(-c3ccc(N4CCN(C(=O)C(=O)CC(C)C)CC4)nc3)cc(N3CCOCC3)n2)cn1. The number of nitrogens with zero attached hydrogens (tertiary/aromatic N) is 7. The van der Waals surface area contributed by atoms with Crippen LogP contribution in [-0.2, 0) is 14.3 Å². The second-order valence-corrected chi connectivity index (χ2v) is 10.4. The topological polar surface area (TPSA) is 105 Å². The molecule has 0 atom stereocenters. The lowest BCUT2D eigenvalue weighted by atomic mass is 10.1.